The summed E-state index contributed by atoms with van der Waals surface area (Å²) in [6.07, 6.45) is 0. The molecule has 0 aliphatic rings. The molecule has 0 aliphatic heterocycles. The maximum absolute atomic E-state index is 7.00. The van der Waals surface area contributed by atoms with Crippen molar-refractivity contribution in [3.05, 3.63) is 176 Å². The average molecular weight is 668 g/mol. The molecule has 0 N–H and O–H groups in total. The minimum atomic E-state index is 0.806. The van der Waals surface area contributed by atoms with E-state index in [0.29, 0.717) is 0 Å². The van der Waals surface area contributed by atoms with Gasteiger partial charge in [-0.15, -0.1) is 0 Å². The van der Waals surface area contributed by atoms with Crippen molar-refractivity contribution < 1.29 is 13.3 Å². The van der Waals surface area contributed by atoms with Crippen LogP contribution in [0, 0.1) is 0 Å². The van der Waals surface area contributed by atoms with Gasteiger partial charge in [-0.3, -0.25) is 0 Å². The van der Waals surface area contributed by atoms with E-state index in [9.17, 15) is 0 Å². The molecule has 52 heavy (non-hydrogen) atoms. The Hall–Kier alpha value is -7.04. The van der Waals surface area contributed by atoms with Gasteiger partial charge in [0.2, 0.25) is 0 Å². The van der Waals surface area contributed by atoms with Crippen LogP contribution in [-0.2, 0) is 0 Å². The summed E-state index contributed by atoms with van der Waals surface area (Å²) in [4.78, 5) is 2.30. The Labute approximate surface area is 298 Å². The molecule has 0 saturated heterocycles. The highest BCUT2D eigenvalue weighted by atomic mass is 16.3. The standard InChI is InChI=1S/C48H29NO3/c1-3-13-30(14-4-1)33-18-9-20-37-38-21-11-24-41(48(38)52-46(33)37)49(32-27-28-36-35-17-7-8-25-42(35)50-44(36)29-32)40-23-12-26-43-45(40)39-22-10-19-34(47(39)51-43)31-15-5-2-6-16-31/h1-29H. The highest BCUT2D eigenvalue weighted by Crippen LogP contribution is 2.49. The lowest BCUT2D eigenvalue weighted by molar-refractivity contribution is 0.668. The first-order valence-corrected chi connectivity index (χ1v) is 17.5. The monoisotopic (exact) mass is 667 g/mol. The zero-order chi connectivity index (χ0) is 34.2. The van der Waals surface area contributed by atoms with Crippen LogP contribution in [0.2, 0.25) is 0 Å². The second-order valence-corrected chi connectivity index (χ2v) is 13.2. The molecular formula is C48H29NO3. The van der Waals surface area contributed by atoms with Crippen LogP contribution in [0.4, 0.5) is 17.1 Å². The van der Waals surface area contributed by atoms with Crippen molar-refractivity contribution in [1.29, 1.82) is 0 Å². The third kappa shape index (κ3) is 4.28. The smallest absolute Gasteiger partial charge is 0.159 e. The molecule has 0 saturated carbocycles. The molecule has 11 rings (SSSR count). The van der Waals surface area contributed by atoms with Gasteiger partial charge >= 0.3 is 0 Å². The highest BCUT2D eigenvalue weighted by molar-refractivity contribution is 6.19. The van der Waals surface area contributed by atoms with Crippen molar-refractivity contribution >= 4 is 82.9 Å². The predicted molar refractivity (Wildman–Crippen MR) is 214 cm³/mol. The van der Waals surface area contributed by atoms with Crippen molar-refractivity contribution in [2.24, 2.45) is 0 Å². The van der Waals surface area contributed by atoms with Crippen LogP contribution in [0.25, 0.3) is 88.1 Å². The Morgan fingerprint density at radius 2 is 0.885 bits per heavy atom. The number of para-hydroxylation sites is 4. The lowest BCUT2D eigenvalue weighted by Gasteiger charge is -2.26. The van der Waals surface area contributed by atoms with Crippen molar-refractivity contribution in [2.75, 3.05) is 4.90 Å². The Morgan fingerprint density at radius 1 is 0.327 bits per heavy atom. The van der Waals surface area contributed by atoms with E-state index in [0.717, 1.165) is 105 Å². The minimum Gasteiger partial charge on any atom is -0.456 e. The van der Waals surface area contributed by atoms with Gasteiger partial charge in [-0.1, -0.05) is 133 Å². The molecule has 244 valence electrons. The number of rotatable bonds is 5. The van der Waals surface area contributed by atoms with Gasteiger partial charge in [-0.25, -0.2) is 0 Å². The van der Waals surface area contributed by atoms with Gasteiger partial charge in [0.15, 0.2) is 5.58 Å². The number of furan rings is 3. The quantitative estimate of drug-likeness (QED) is 0.183. The van der Waals surface area contributed by atoms with E-state index < -0.39 is 0 Å². The maximum Gasteiger partial charge on any atom is 0.159 e. The number of hydrogen-bond donors (Lipinski definition) is 0. The molecule has 0 aliphatic carbocycles. The van der Waals surface area contributed by atoms with Gasteiger partial charge in [0.1, 0.15) is 27.9 Å². The van der Waals surface area contributed by atoms with E-state index in [1.807, 2.05) is 24.3 Å². The zero-order valence-corrected chi connectivity index (χ0v) is 27.9. The normalized spacial score (nSPS) is 11.8. The molecular weight excluding hydrogens is 639 g/mol. The van der Waals surface area contributed by atoms with Crippen LogP contribution in [0.5, 0.6) is 0 Å². The number of nitrogens with zero attached hydrogens (tertiary/aromatic N) is 1. The van der Waals surface area contributed by atoms with Crippen LogP contribution in [0.15, 0.2) is 189 Å². The molecule has 3 heterocycles. The van der Waals surface area contributed by atoms with E-state index in [4.69, 9.17) is 13.3 Å². The first kappa shape index (κ1) is 28.8. The number of anilines is 3. The van der Waals surface area contributed by atoms with Crippen molar-refractivity contribution in [3.8, 4) is 22.3 Å². The summed E-state index contributed by atoms with van der Waals surface area (Å²) >= 11 is 0. The third-order valence-electron chi connectivity index (χ3n) is 10.3. The second kappa shape index (κ2) is 11.2. The first-order chi connectivity index (χ1) is 25.8. The summed E-state index contributed by atoms with van der Waals surface area (Å²) in [6.45, 7) is 0. The summed E-state index contributed by atoms with van der Waals surface area (Å²) in [5, 5.41) is 6.37. The Balaban J connectivity index is 1.22. The zero-order valence-electron chi connectivity index (χ0n) is 27.9. The molecule has 0 bridgehead atoms. The molecule has 4 heteroatoms. The second-order valence-electron chi connectivity index (χ2n) is 13.2. The fourth-order valence-electron chi connectivity index (χ4n) is 7.95. The molecule has 0 radical (unpaired) electrons. The van der Waals surface area contributed by atoms with E-state index in [2.05, 4.69) is 157 Å². The van der Waals surface area contributed by atoms with Crippen LogP contribution in [-0.4, -0.2) is 0 Å². The highest BCUT2D eigenvalue weighted by Gasteiger charge is 2.25. The van der Waals surface area contributed by atoms with Crippen molar-refractivity contribution in [3.63, 3.8) is 0 Å². The lowest BCUT2D eigenvalue weighted by Crippen LogP contribution is -2.10. The molecule has 4 nitrogen and oxygen atoms in total. The lowest BCUT2D eigenvalue weighted by atomic mass is 10.0. The maximum atomic E-state index is 7.00. The molecule has 8 aromatic carbocycles. The van der Waals surface area contributed by atoms with E-state index in [1.165, 1.54) is 0 Å². The molecule has 0 spiro atoms. The largest absolute Gasteiger partial charge is 0.456 e. The van der Waals surface area contributed by atoms with Crippen molar-refractivity contribution in [1.82, 2.24) is 0 Å². The Bertz CT molecular complexity index is 3130. The third-order valence-corrected chi connectivity index (χ3v) is 10.3. The Kier molecular flexibility index (Phi) is 6.22. The molecule has 0 atom stereocenters. The van der Waals surface area contributed by atoms with Gasteiger partial charge in [-0.05, 0) is 47.5 Å². The van der Waals surface area contributed by atoms with Gasteiger partial charge < -0.3 is 18.2 Å². The summed E-state index contributed by atoms with van der Waals surface area (Å²) in [7, 11) is 0. The number of fused-ring (bicyclic) bond motifs is 9. The summed E-state index contributed by atoms with van der Waals surface area (Å²) in [6, 6.07) is 61.1. The van der Waals surface area contributed by atoms with E-state index >= 15 is 0 Å². The van der Waals surface area contributed by atoms with Crippen molar-refractivity contribution in [2.45, 2.75) is 0 Å². The summed E-state index contributed by atoms with van der Waals surface area (Å²) in [5.41, 5.74) is 12.2. The topological polar surface area (TPSA) is 42.7 Å². The predicted octanol–water partition coefficient (Wildman–Crippen LogP) is 14.2. The number of benzene rings is 8. The molecule has 0 amide bonds. The average Bonchev–Trinajstić information content (AvgIpc) is 3.90. The van der Waals surface area contributed by atoms with Gasteiger partial charge in [0, 0.05) is 44.1 Å². The molecule has 11 aromatic rings. The minimum absolute atomic E-state index is 0.806. The van der Waals surface area contributed by atoms with Gasteiger partial charge in [0.05, 0.1) is 22.4 Å². The van der Waals surface area contributed by atoms with Crippen LogP contribution >= 0.6 is 0 Å². The first-order valence-electron chi connectivity index (χ1n) is 17.5. The fourth-order valence-corrected chi connectivity index (χ4v) is 7.95. The van der Waals surface area contributed by atoms with Gasteiger partial charge in [0.25, 0.3) is 0 Å². The van der Waals surface area contributed by atoms with E-state index in [-0.39, 0.29) is 0 Å². The number of hydrogen-bond acceptors (Lipinski definition) is 4. The van der Waals surface area contributed by atoms with E-state index in [1.54, 1.807) is 0 Å². The summed E-state index contributed by atoms with van der Waals surface area (Å²) in [5.74, 6) is 0. The van der Waals surface area contributed by atoms with Gasteiger partial charge in [-0.2, -0.15) is 0 Å². The van der Waals surface area contributed by atoms with Crippen LogP contribution in [0.1, 0.15) is 0 Å². The molecule has 0 fully saturated rings. The fraction of sp³-hybridized carbons (Fsp3) is 0. The SMILES string of the molecule is c1ccc(-c2cccc3c2oc2c(N(c4ccc5c(c4)oc4ccccc45)c4cccc5oc6c(-c7ccccc7)cccc6c45)cccc23)cc1. The molecule has 0 unspecified atom stereocenters. The summed E-state index contributed by atoms with van der Waals surface area (Å²) < 4.78 is 20.2. The Morgan fingerprint density at radius 3 is 1.65 bits per heavy atom. The molecule has 3 aromatic heterocycles. The van der Waals surface area contributed by atoms with Crippen LogP contribution in [0.3, 0.4) is 0 Å². The van der Waals surface area contributed by atoms with Crippen LogP contribution < -0.4 is 4.90 Å².